The highest BCUT2D eigenvalue weighted by Crippen LogP contribution is 2.19. The number of aromatic nitrogens is 1. The van der Waals surface area contributed by atoms with Crippen molar-refractivity contribution in [1.82, 2.24) is 10.3 Å². The van der Waals surface area contributed by atoms with Crippen LogP contribution in [0.15, 0.2) is 24.4 Å². The minimum Gasteiger partial charge on any atom is -0.465 e. The van der Waals surface area contributed by atoms with Crippen LogP contribution in [-0.2, 0) is 6.42 Å². The maximum absolute atomic E-state index is 10.3. The Morgan fingerprint density at radius 3 is 3.06 bits per heavy atom. The Kier molecular flexibility index (Phi) is 2.97. The molecule has 0 spiro atoms. The molecule has 2 aromatic rings. The summed E-state index contributed by atoms with van der Waals surface area (Å²) in [6, 6.07) is 7.49. The smallest absolute Gasteiger partial charge is 0.404 e. The maximum atomic E-state index is 10.3. The van der Waals surface area contributed by atoms with Crippen LogP contribution in [0.5, 0.6) is 0 Å². The summed E-state index contributed by atoms with van der Waals surface area (Å²) in [6.45, 7) is 0.377. The molecule has 3 N–H and O–H groups in total. The quantitative estimate of drug-likeness (QED) is 0.750. The van der Waals surface area contributed by atoms with E-state index in [0.717, 1.165) is 16.5 Å². The van der Waals surface area contributed by atoms with Crippen LogP contribution < -0.4 is 5.32 Å². The first-order valence-corrected chi connectivity index (χ1v) is 5.17. The molecule has 2 rings (SSSR count). The van der Waals surface area contributed by atoms with Crippen molar-refractivity contribution in [2.75, 3.05) is 6.54 Å². The fourth-order valence-electron chi connectivity index (χ4n) is 1.77. The van der Waals surface area contributed by atoms with Gasteiger partial charge in [0.15, 0.2) is 0 Å². The molecule has 0 fully saturated rings. The predicted molar refractivity (Wildman–Crippen MR) is 62.7 cm³/mol. The lowest BCUT2D eigenvalue weighted by molar-refractivity contribution is 0.194. The summed E-state index contributed by atoms with van der Waals surface area (Å²) in [5.74, 6) is 0. The predicted octanol–water partition coefficient (Wildman–Crippen LogP) is 1.85. The molecular formula is C12H11N3O2. The maximum Gasteiger partial charge on any atom is 0.404 e. The molecule has 17 heavy (non-hydrogen) atoms. The average Bonchev–Trinajstić information content (AvgIpc) is 2.71. The fraction of sp³-hybridized carbons (Fsp3) is 0.167. The number of amides is 1. The van der Waals surface area contributed by atoms with Crippen molar-refractivity contribution in [1.29, 1.82) is 5.26 Å². The van der Waals surface area contributed by atoms with Gasteiger partial charge in [-0.2, -0.15) is 5.26 Å². The van der Waals surface area contributed by atoms with Gasteiger partial charge in [0.25, 0.3) is 0 Å². The number of aromatic amines is 1. The van der Waals surface area contributed by atoms with Crippen LogP contribution in [-0.4, -0.2) is 22.7 Å². The molecule has 0 aliphatic heterocycles. The monoisotopic (exact) mass is 229 g/mol. The Bertz CT molecular complexity index is 595. The second kappa shape index (κ2) is 4.58. The summed E-state index contributed by atoms with van der Waals surface area (Å²) >= 11 is 0. The molecule has 0 aliphatic rings. The van der Waals surface area contributed by atoms with Crippen molar-refractivity contribution < 1.29 is 9.90 Å². The van der Waals surface area contributed by atoms with Crippen LogP contribution in [0.2, 0.25) is 0 Å². The summed E-state index contributed by atoms with van der Waals surface area (Å²) in [6.07, 6.45) is 1.45. The van der Waals surface area contributed by atoms with Crippen molar-refractivity contribution in [3.05, 3.63) is 35.5 Å². The minimum absolute atomic E-state index is 0.377. The number of nitrogens with zero attached hydrogens (tertiary/aromatic N) is 1. The van der Waals surface area contributed by atoms with Crippen molar-refractivity contribution in [3.8, 4) is 6.07 Å². The molecule has 1 aromatic carbocycles. The van der Waals surface area contributed by atoms with E-state index in [4.69, 9.17) is 10.4 Å². The Balaban J connectivity index is 2.19. The fourth-order valence-corrected chi connectivity index (χ4v) is 1.77. The zero-order valence-corrected chi connectivity index (χ0v) is 9.03. The average molecular weight is 229 g/mol. The van der Waals surface area contributed by atoms with Crippen LogP contribution >= 0.6 is 0 Å². The molecule has 0 radical (unpaired) electrons. The third-order valence-corrected chi connectivity index (χ3v) is 2.57. The second-order valence-corrected chi connectivity index (χ2v) is 3.67. The molecule has 0 saturated carbocycles. The number of hydrogen-bond acceptors (Lipinski definition) is 2. The summed E-state index contributed by atoms with van der Waals surface area (Å²) in [7, 11) is 0. The highest BCUT2D eigenvalue weighted by molar-refractivity contribution is 5.84. The number of nitriles is 1. The first-order chi connectivity index (χ1) is 8.20. The number of rotatable bonds is 3. The number of fused-ring (bicyclic) bond motifs is 1. The van der Waals surface area contributed by atoms with Gasteiger partial charge in [0.05, 0.1) is 11.6 Å². The normalized spacial score (nSPS) is 10.1. The second-order valence-electron chi connectivity index (χ2n) is 3.67. The largest absolute Gasteiger partial charge is 0.465 e. The van der Waals surface area contributed by atoms with Gasteiger partial charge in [-0.25, -0.2) is 4.79 Å². The third-order valence-electron chi connectivity index (χ3n) is 2.57. The first kappa shape index (κ1) is 11.0. The van der Waals surface area contributed by atoms with Gasteiger partial charge >= 0.3 is 6.09 Å². The topological polar surface area (TPSA) is 88.9 Å². The van der Waals surface area contributed by atoms with E-state index in [9.17, 15) is 4.79 Å². The zero-order valence-electron chi connectivity index (χ0n) is 9.03. The van der Waals surface area contributed by atoms with Crippen LogP contribution in [0.1, 0.15) is 11.1 Å². The van der Waals surface area contributed by atoms with Crippen LogP contribution in [0.4, 0.5) is 4.79 Å². The highest BCUT2D eigenvalue weighted by Gasteiger charge is 2.04. The summed E-state index contributed by atoms with van der Waals surface area (Å²) < 4.78 is 0. The Morgan fingerprint density at radius 1 is 1.53 bits per heavy atom. The van der Waals surface area contributed by atoms with Gasteiger partial charge in [-0.1, -0.05) is 6.07 Å². The molecule has 0 bridgehead atoms. The summed E-state index contributed by atoms with van der Waals surface area (Å²) in [5, 5.41) is 20.6. The molecule has 0 unspecified atom stereocenters. The lowest BCUT2D eigenvalue weighted by Gasteiger charge is -2.00. The van der Waals surface area contributed by atoms with Crippen LogP contribution in [0, 0.1) is 11.3 Å². The van der Waals surface area contributed by atoms with E-state index in [-0.39, 0.29) is 0 Å². The van der Waals surface area contributed by atoms with Gasteiger partial charge in [0.2, 0.25) is 0 Å². The molecule has 0 aliphatic carbocycles. The standard InChI is InChI=1S/C12H11N3O2/c13-6-8-1-2-10-9(3-4-14-12(16)17)7-15-11(10)5-8/h1-2,5,7,14-15H,3-4H2,(H,16,17). The SMILES string of the molecule is N#Cc1ccc2c(CCNC(=O)O)c[nH]c2c1. The van der Waals surface area contributed by atoms with E-state index < -0.39 is 6.09 Å². The van der Waals surface area contributed by atoms with Gasteiger partial charge in [-0.05, 0) is 24.1 Å². The molecule has 86 valence electrons. The third kappa shape index (κ3) is 2.37. The molecule has 1 amide bonds. The number of carbonyl (C=O) groups is 1. The molecule has 1 heterocycles. The lowest BCUT2D eigenvalue weighted by Crippen LogP contribution is -2.23. The van der Waals surface area contributed by atoms with Gasteiger partial charge in [-0.3, -0.25) is 0 Å². The molecule has 5 nitrogen and oxygen atoms in total. The molecular weight excluding hydrogens is 218 g/mol. The van der Waals surface area contributed by atoms with Gasteiger partial charge in [-0.15, -0.1) is 0 Å². The van der Waals surface area contributed by atoms with Crippen molar-refractivity contribution in [2.45, 2.75) is 6.42 Å². The zero-order chi connectivity index (χ0) is 12.3. The minimum atomic E-state index is -1.02. The number of carboxylic acid groups (broad SMARTS) is 1. The van der Waals surface area contributed by atoms with Gasteiger partial charge in [0, 0.05) is 23.6 Å². The first-order valence-electron chi connectivity index (χ1n) is 5.17. The van der Waals surface area contributed by atoms with Crippen molar-refractivity contribution in [2.24, 2.45) is 0 Å². The molecule has 0 saturated heterocycles. The Hall–Kier alpha value is -2.48. The van der Waals surface area contributed by atoms with Crippen molar-refractivity contribution in [3.63, 3.8) is 0 Å². The van der Waals surface area contributed by atoms with E-state index in [2.05, 4.69) is 16.4 Å². The van der Waals surface area contributed by atoms with E-state index in [1.54, 1.807) is 12.1 Å². The lowest BCUT2D eigenvalue weighted by atomic mass is 10.1. The highest BCUT2D eigenvalue weighted by atomic mass is 16.4. The van der Waals surface area contributed by atoms with E-state index >= 15 is 0 Å². The molecule has 1 aromatic heterocycles. The van der Waals surface area contributed by atoms with E-state index in [1.807, 2.05) is 12.3 Å². The number of nitrogens with one attached hydrogen (secondary N) is 2. The number of benzene rings is 1. The number of hydrogen-bond donors (Lipinski definition) is 3. The number of H-pyrrole nitrogens is 1. The Labute approximate surface area is 97.7 Å². The van der Waals surface area contributed by atoms with Crippen molar-refractivity contribution >= 4 is 17.0 Å². The van der Waals surface area contributed by atoms with E-state index in [1.165, 1.54) is 0 Å². The molecule has 0 atom stereocenters. The van der Waals surface area contributed by atoms with E-state index in [0.29, 0.717) is 18.5 Å². The summed E-state index contributed by atoms with van der Waals surface area (Å²) in [5.41, 5.74) is 2.54. The van der Waals surface area contributed by atoms with Crippen LogP contribution in [0.25, 0.3) is 10.9 Å². The van der Waals surface area contributed by atoms with Gasteiger partial charge in [0.1, 0.15) is 0 Å². The molecule has 5 heteroatoms. The Morgan fingerprint density at radius 2 is 2.35 bits per heavy atom. The summed E-state index contributed by atoms with van der Waals surface area (Å²) in [4.78, 5) is 13.4. The van der Waals surface area contributed by atoms with Gasteiger partial charge < -0.3 is 15.4 Å². The van der Waals surface area contributed by atoms with Crippen LogP contribution in [0.3, 0.4) is 0 Å².